The standard InChI is InChI=1S/C21H28N4O2/c1-4-25(17-9-6-5-7-10-17)20(26)16-24-14-12-18(15-24)27-19-11-8-13-22-21(19)23(2)3/h5-11,13,18H,4,12,14-16H2,1-3H3/t18-/m0/s1. The Morgan fingerprint density at radius 3 is 2.70 bits per heavy atom. The lowest BCUT2D eigenvalue weighted by atomic mass is 10.3. The van der Waals surface area contributed by atoms with Crippen molar-refractivity contribution in [3.05, 3.63) is 48.7 Å². The van der Waals surface area contributed by atoms with E-state index in [9.17, 15) is 4.79 Å². The molecule has 0 aliphatic carbocycles. The molecule has 0 saturated carbocycles. The fourth-order valence-corrected chi connectivity index (χ4v) is 3.41. The molecule has 144 valence electrons. The largest absolute Gasteiger partial charge is 0.485 e. The van der Waals surface area contributed by atoms with Crippen LogP contribution < -0.4 is 14.5 Å². The fraction of sp³-hybridized carbons (Fsp3) is 0.429. The Kier molecular flexibility index (Phi) is 6.29. The Balaban J connectivity index is 1.58. The van der Waals surface area contributed by atoms with Crippen molar-refractivity contribution >= 4 is 17.4 Å². The lowest BCUT2D eigenvalue weighted by molar-refractivity contribution is -0.119. The summed E-state index contributed by atoms with van der Waals surface area (Å²) in [7, 11) is 3.91. The minimum absolute atomic E-state index is 0.0764. The summed E-state index contributed by atoms with van der Waals surface area (Å²) in [6.07, 6.45) is 2.75. The zero-order valence-corrected chi connectivity index (χ0v) is 16.3. The van der Waals surface area contributed by atoms with E-state index in [1.54, 1.807) is 6.20 Å². The predicted molar refractivity (Wildman–Crippen MR) is 109 cm³/mol. The molecule has 0 unspecified atom stereocenters. The maximum Gasteiger partial charge on any atom is 0.241 e. The summed E-state index contributed by atoms with van der Waals surface area (Å²) >= 11 is 0. The van der Waals surface area contributed by atoms with Gasteiger partial charge in [0.1, 0.15) is 6.10 Å². The lowest BCUT2D eigenvalue weighted by Crippen LogP contribution is -2.40. The summed E-state index contributed by atoms with van der Waals surface area (Å²) in [6.45, 7) is 4.70. The number of aromatic nitrogens is 1. The van der Waals surface area contributed by atoms with Gasteiger partial charge in [0.05, 0.1) is 6.54 Å². The number of amides is 1. The van der Waals surface area contributed by atoms with E-state index in [2.05, 4.69) is 9.88 Å². The number of likely N-dealkylation sites (tertiary alicyclic amines) is 1. The van der Waals surface area contributed by atoms with E-state index < -0.39 is 0 Å². The zero-order valence-electron chi connectivity index (χ0n) is 16.3. The smallest absolute Gasteiger partial charge is 0.241 e. The first-order chi connectivity index (χ1) is 13.1. The highest BCUT2D eigenvalue weighted by Crippen LogP contribution is 2.26. The molecule has 1 fully saturated rings. The third-order valence-electron chi connectivity index (χ3n) is 4.74. The first-order valence-corrected chi connectivity index (χ1v) is 9.45. The van der Waals surface area contributed by atoms with Crippen molar-refractivity contribution in [3.8, 4) is 5.75 Å². The number of rotatable bonds is 7. The molecular weight excluding hydrogens is 340 g/mol. The van der Waals surface area contributed by atoms with E-state index in [0.717, 1.165) is 36.8 Å². The minimum atomic E-state index is 0.0764. The van der Waals surface area contributed by atoms with Crippen molar-refractivity contribution in [1.29, 1.82) is 0 Å². The molecule has 27 heavy (non-hydrogen) atoms. The van der Waals surface area contributed by atoms with Gasteiger partial charge in [0.2, 0.25) is 5.91 Å². The van der Waals surface area contributed by atoms with Crippen LogP contribution in [0.15, 0.2) is 48.7 Å². The highest BCUT2D eigenvalue weighted by atomic mass is 16.5. The molecule has 1 amide bonds. The van der Waals surface area contributed by atoms with E-state index in [1.807, 2.05) is 73.3 Å². The van der Waals surface area contributed by atoms with Crippen molar-refractivity contribution < 1.29 is 9.53 Å². The number of likely N-dealkylation sites (N-methyl/N-ethyl adjacent to an activating group) is 1. The number of carbonyl (C=O) groups excluding carboxylic acids is 1. The normalized spacial score (nSPS) is 16.9. The number of ether oxygens (including phenoxy) is 1. The van der Waals surface area contributed by atoms with Gasteiger partial charge in [0.25, 0.3) is 0 Å². The fourth-order valence-electron chi connectivity index (χ4n) is 3.41. The molecule has 6 heteroatoms. The van der Waals surface area contributed by atoms with Gasteiger partial charge < -0.3 is 14.5 Å². The summed E-state index contributed by atoms with van der Waals surface area (Å²) in [5, 5.41) is 0. The maximum absolute atomic E-state index is 12.8. The van der Waals surface area contributed by atoms with Crippen LogP contribution in [0, 0.1) is 0 Å². The molecule has 2 aromatic rings. The van der Waals surface area contributed by atoms with Crippen LogP contribution in [0.2, 0.25) is 0 Å². The van der Waals surface area contributed by atoms with Crippen LogP contribution in [-0.4, -0.2) is 62.2 Å². The molecule has 3 rings (SSSR count). The molecule has 1 aromatic carbocycles. The Bertz CT molecular complexity index is 751. The van der Waals surface area contributed by atoms with Gasteiger partial charge in [0.15, 0.2) is 11.6 Å². The number of carbonyl (C=O) groups is 1. The molecular formula is C21H28N4O2. The van der Waals surface area contributed by atoms with E-state index in [1.165, 1.54) is 0 Å². The minimum Gasteiger partial charge on any atom is -0.485 e. The van der Waals surface area contributed by atoms with Crippen molar-refractivity contribution in [1.82, 2.24) is 9.88 Å². The molecule has 1 atom stereocenters. The monoisotopic (exact) mass is 368 g/mol. The number of hydrogen-bond donors (Lipinski definition) is 0. The second-order valence-electron chi connectivity index (χ2n) is 6.96. The number of benzene rings is 1. The predicted octanol–water partition coefficient (Wildman–Crippen LogP) is 2.65. The molecule has 1 aliphatic rings. The van der Waals surface area contributed by atoms with Crippen molar-refractivity contribution in [2.24, 2.45) is 0 Å². The molecule has 6 nitrogen and oxygen atoms in total. The third kappa shape index (κ3) is 4.77. The van der Waals surface area contributed by atoms with Crippen molar-refractivity contribution in [2.45, 2.75) is 19.4 Å². The van der Waals surface area contributed by atoms with Crippen LogP contribution in [0.3, 0.4) is 0 Å². The molecule has 0 bridgehead atoms. The summed E-state index contributed by atoms with van der Waals surface area (Å²) in [5.41, 5.74) is 0.947. The highest BCUT2D eigenvalue weighted by Gasteiger charge is 2.28. The van der Waals surface area contributed by atoms with E-state index in [0.29, 0.717) is 13.1 Å². The first kappa shape index (κ1) is 19.2. The van der Waals surface area contributed by atoms with Crippen LogP contribution in [0.1, 0.15) is 13.3 Å². The number of pyridine rings is 1. The van der Waals surface area contributed by atoms with Gasteiger partial charge in [-0.05, 0) is 37.6 Å². The SMILES string of the molecule is CCN(C(=O)CN1CC[C@H](Oc2cccnc2N(C)C)C1)c1ccccc1. The summed E-state index contributed by atoms with van der Waals surface area (Å²) in [4.78, 5) is 23.1. The van der Waals surface area contributed by atoms with Crippen LogP contribution >= 0.6 is 0 Å². The van der Waals surface area contributed by atoms with Gasteiger partial charge >= 0.3 is 0 Å². The van der Waals surface area contributed by atoms with Gasteiger partial charge in [-0.25, -0.2) is 4.98 Å². The topological polar surface area (TPSA) is 48.9 Å². The maximum atomic E-state index is 12.8. The highest BCUT2D eigenvalue weighted by molar-refractivity contribution is 5.94. The Hall–Kier alpha value is -2.60. The number of nitrogens with zero attached hydrogens (tertiary/aromatic N) is 4. The van der Waals surface area contributed by atoms with Gasteiger partial charge in [0, 0.05) is 45.6 Å². The Morgan fingerprint density at radius 1 is 1.22 bits per heavy atom. The average molecular weight is 368 g/mol. The van der Waals surface area contributed by atoms with E-state index >= 15 is 0 Å². The number of para-hydroxylation sites is 1. The molecule has 0 radical (unpaired) electrons. The quantitative estimate of drug-likeness (QED) is 0.752. The molecule has 1 aliphatic heterocycles. The second-order valence-corrected chi connectivity index (χ2v) is 6.96. The van der Waals surface area contributed by atoms with Crippen molar-refractivity contribution in [2.75, 3.05) is 50.1 Å². The molecule has 0 spiro atoms. The summed E-state index contributed by atoms with van der Waals surface area (Å²) < 4.78 is 6.18. The van der Waals surface area contributed by atoms with Crippen LogP contribution in [0.25, 0.3) is 0 Å². The van der Waals surface area contributed by atoms with Gasteiger partial charge in [-0.15, -0.1) is 0 Å². The Morgan fingerprint density at radius 2 is 2.00 bits per heavy atom. The second kappa shape index (κ2) is 8.86. The van der Waals surface area contributed by atoms with Crippen LogP contribution in [0.4, 0.5) is 11.5 Å². The average Bonchev–Trinajstić information content (AvgIpc) is 3.10. The molecule has 2 heterocycles. The zero-order chi connectivity index (χ0) is 19.2. The van der Waals surface area contributed by atoms with Gasteiger partial charge in [-0.3, -0.25) is 9.69 Å². The third-order valence-corrected chi connectivity index (χ3v) is 4.74. The molecule has 0 N–H and O–H groups in total. The van der Waals surface area contributed by atoms with E-state index in [4.69, 9.17) is 4.74 Å². The number of hydrogen-bond acceptors (Lipinski definition) is 5. The van der Waals surface area contributed by atoms with E-state index in [-0.39, 0.29) is 12.0 Å². The van der Waals surface area contributed by atoms with Crippen molar-refractivity contribution in [3.63, 3.8) is 0 Å². The summed E-state index contributed by atoms with van der Waals surface area (Å²) in [5.74, 6) is 1.74. The molecule has 1 aromatic heterocycles. The Labute approximate surface area is 161 Å². The lowest BCUT2D eigenvalue weighted by Gasteiger charge is -2.24. The van der Waals surface area contributed by atoms with Crippen LogP contribution in [-0.2, 0) is 4.79 Å². The molecule has 1 saturated heterocycles. The van der Waals surface area contributed by atoms with Crippen LogP contribution in [0.5, 0.6) is 5.75 Å². The first-order valence-electron chi connectivity index (χ1n) is 9.45. The number of anilines is 2. The van der Waals surface area contributed by atoms with Gasteiger partial charge in [-0.1, -0.05) is 18.2 Å². The van der Waals surface area contributed by atoms with Gasteiger partial charge in [-0.2, -0.15) is 0 Å². The summed E-state index contributed by atoms with van der Waals surface area (Å²) in [6, 6.07) is 13.7.